The number of benzene rings is 2. The van der Waals surface area contributed by atoms with E-state index < -0.39 is 0 Å². The van der Waals surface area contributed by atoms with E-state index in [2.05, 4.69) is 22.1 Å². The number of nitrogens with zero attached hydrogens (tertiary/aromatic N) is 2. The van der Waals surface area contributed by atoms with Gasteiger partial charge in [-0.2, -0.15) is 0 Å². The molecule has 2 aromatic heterocycles. The summed E-state index contributed by atoms with van der Waals surface area (Å²) in [5, 5.41) is 0. The molecule has 0 unspecified atom stereocenters. The highest BCUT2D eigenvalue weighted by Crippen LogP contribution is 2.23. The molecule has 0 saturated carbocycles. The van der Waals surface area contributed by atoms with E-state index in [1.54, 1.807) is 12.4 Å². The maximum absolute atomic E-state index is 5.94. The summed E-state index contributed by atoms with van der Waals surface area (Å²) in [4.78, 5) is 8.70. The number of hydrogen-bond acceptors (Lipinski definition) is 5. The minimum atomic E-state index is 0.512. The molecule has 0 aliphatic rings. The van der Waals surface area contributed by atoms with Gasteiger partial charge in [0.1, 0.15) is 11.5 Å². The summed E-state index contributed by atoms with van der Waals surface area (Å²) in [5.41, 5.74) is 4.08. The van der Waals surface area contributed by atoms with Gasteiger partial charge in [0, 0.05) is 24.0 Å². The van der Waals surface area contributed by atoms with Gasteiger partial charge in [-0.3, -0.25) is 0 Å². The van der Waals surface area contributed by atoms with Crippen LogP contribution in [0.2, 0.25) is 0 Å². The first-order chi connectivity index (χ1) is 14.2. The third kappa shape index (κ3) is 4.63. The molecule has 0 saturated heterocycles. The zero-order chi connectivity index (χ0) is 20.1. The van der Waals surface area contributed by atoms with Crippen LogP contribution in [0.3, 0.4) is 0 Å². The topological polar surface area (TPSA) is 61.3 Å². The Balaban J connectivity index is 1.39. The van der Waals surface area contributed by atoms with Crippen LogP contribution in [0, 0.1) is 0 Å². The lowest BCUT2D eigenvalue weighted by atomic mass is 10.1. The van der Waals surface area contributed by atoms with Gasteiger partial charge in [0.05, 0.1) is 25.6 Å². The van der Waals surface area contributed by atoms with E-state index in [1.165, 1.54) is 0 Å². The second-order valence-corrected chi connectivity index (χ2v) is 6.86. The lowest BCUT2D eigenvalue weighted by Gasteiger charge is -2.07. The number of hydrogen-bond donors (Lipinski definition) is 0. The predicted molar refractivity (Wildman–Crippen MR) is 111 cm³/mol. The minimum absolute atomic E-state index is 0.512. The van der Waals surface area contributed by atoms with E-state index in [-0.39, 0.29) is 0 Å². The minimum Gasteiger partial charge on any atom is -0.441 e. The van der Waals surface area contributed by atoms with Crippen molar-refractivity contribution in [1.82, 2.24) is 9.97 Å². The Kier molecular flexibility index (Phi) is 5.86. The van der Waals surface area contributed by atoms with Gasteiger partial charge in [0.2, 0.25) is 11.8 Å². The fourth-order valence-corrected chi connectivity index (χ4v) is 3.08. The monoisotopic (exact) mass is 388 g/mol. The van der Waals surface area contributed by atoms with E-state index in [0.717, 1.165) is 46.6 Å². The summed E-state index contributed by atoms with van der Waals surface area (Å²) >= 11 is 0. The molecule has 29 heavy (non-hydrogen) atoms. The van der Waals surface area contributed by atoms with Crippen LogP contribution in [-0.4, -0.2) is 9.97 Å². The van der Waals surface area contributed by atoms with Crippen LogP contribution in [0.25, 0.3) is 22.9 Å². The molecule has 0 amide bonds. The van der Waals surface area contributed by atoms with Gasteiger partial charge in [0.25, 0.3) is 0 Å². The molecule has 4 rings (SSSR count). The molecule has 0 radical (unpaired) electrons. The van der Waals surface area contributed by atoms with Crippen molar-refractivity contribution in [2.45, 2.75) is 39.9 Å². The summed E-state index contributed by atoms with van der Waals surface area (Å²) in [7, 11) is 0. The van der Waals surface area contributed by atoms with Crippen LogP contribution in [0.4, 0.5) is 0 Å². The second-order valence-electron chi connectivity index (χ2n) is 6.86. The highest BCUT2D eigenvalue weighted by atomic mass is 16.5. The van der Waals surface area contributed by atoms with E-state index in [4.69, 9.17) is 13.6 Å². The van der Waals surface area contributed by atoms with Crippen LogP contribution in [0.15, 0.2) is 69.8 Å². The second kappa shape index (κ2) is 8.88. The van der Waals surface area contributed by atoms with E-state index in [9.17, 15) is 0 Å². The van der Waals surface area contributed by atoms with E-state index in [1.807, 2.05) is 50.2 Å². The lowest BCUT2D eigenvalue weighted by molar-refractivity contribution is 0.107. The van der Waals surface area contributed by atoms with Crippen LogP contribution in [-0.2, 0) is 30.8 Å². The number of aryl methyl sites for hydroxylation is 2. The zero-order valence-electron chi connectivity index (χ0n) is 16.7. The Morgan fingerprint density at radius 2 is 1.21 bits per heavy atom. The van der Waals surface area contributed by atoms with Gasteiger partial charge in [-0.25, -0.2) is 9.97 Å². The smallest absolute Gasteiger partial charge is 0.226 e. The molecule has 148 valence electrons. The average Bonchev–Trinajstić information content (AvgIpc) is 3.44. The van der Waals surface area contributed by atoms with E-state index >= 15 is 0 Å². The van der Waals surface area contributed by atoms with Gasteiger partial charge < -0.3 is 13.6 Å². The first-order valence-corrected chi connectivity index (χ1v) is 9.91. The van der Waals surface area contributed by atoms with Gasteiger partial charge in [-0.05, 0) is 35.4 Å². The van der Waals surface area contributed by atoms with Gasteiger partial charge in [0.15, 0.2) is 0 Å². The fraction of sp³-hybridized carbons (Fsp3) is 0.250. The molecular formula is C24H24N2O3. The molecular weight excluding hydrogens is 364 g/mol. The van der Waals surface area contributed by atoms with Gasteiger partial charge in [-0.15, -0.1) is 0 Å². The number of rotatable bonds is 8. The van der Waals surface area contributed by atoms with Crippen molar-refractivity contribution in [2.24, 2.45) is 0 Å². The summed E-state index contributed by atoms with van der Waals surface area (Å²) in [6, 6.07) is 16.2. The van der Waals surface area contributed by atoms with E-state index in [0.29, 0.717) is 25.0 Å². The van der Waals surface area contributed by atoms with Crippen molar-refractivity contribution in [3.63, 3.8) is 0 Å². The van der Waals surface area contributed by atoms with Crippen molar-refractivity contribution < 1.29 is 13.6 Å². The van der Waals surface area contributed by atoms with Crippen LogP contribution in [0.1, 0.15) is 36.5 Å². The number of ether oxygens (including phenoxy) is 1. The Bertz CT molecular complexity index is 995. The largest absolute Gasteiger partial charge is 0.441 e. The molecule has 2 aromatic carbocycles. The summed E-state index contributed by atoms with van der Waals surface area (Å²) < 4.78 is 17.4. The third-order valence-corrected chi connectivity index (χ3v) is 4.69. The molecule has 4 aromatic rings. The molecule has 0 fully saturated rings. The van der Waals surface area contributed by atoms with Crippen molar-refractivity contribution in [1.29, 1.82) is 0 Å². The first-order valence-electron chi connectivity index (χ1n) is 9.91. The zero-order valence-corrected chi connectivity index (χ0v) is 16.7. The van der Waals surface area contributed by atoms with Crippen molar-refractivity contribution in [2.75, 3.05) is 0 Å². The highest BCUT2D eigenvalue weighted by Gasteiger charge is 2.08. The Hall–Kier alpha value is -3.18. The standard InChI is InChI=1S/C24H24N2O3/c1-3-21-13-25-23(28-21)19-9-5-7-17(11-19)15-27-16-18-8-6-10-20(12-18)24-26-14-22(4-2)29-24/h5-14H,3-4,15-16H2,1-2H3. The van der Waals surface area contributed by atoms with Crippen molar-refractivity contribution in [3.8, 4) is 22.9 Å². The normalized spacial score (nSPS) is 11.1. The van der Waals surface area contributed by atoms with Crippen LogP contribution >= 0.6 is 0 Å². The quantitative estimate of drug-likeness (QED) is 0.379. The average molecular weight is 388 g/mol. The molecule has 0 aliphatic carbocycles. The molecule has 0 bridgehead atoms. The molecule has 0 atom stereocenters. The third-order valence-electron chi connectivity index (χ3n) is 4.69. The molecule has 0 aliphatic heterocycles. The summed E-state index contributed by atoms with van der Waals surface area (Å²) in [6.07, 6.45) is 5.23. The molecule has 2 heterocycles. The summed E-state index contributed by atoms with van der Waals surface area (Å²) in [6.45, 7) is 5.12. The molecule has 0 N–H and O–H groups in total. The Morgan fingerprint density at radius 3 is 1.62 bits per heavy atom. The van der Waals surface area contributed by atoms with Crippen molar-refractivity contribution >= 4 is 0 Å². The molecule has 5 nitrogen and oxygen atoms in total. The maximum Gasteiger partial charge on any atom is 0.226 e. The van der Waals surface area contributed by atoms with Crippen LogP contribution in [0.5, 0.6) is 0 Å². The highest BCUT2D eigenvalue weighted by molar-refractivity contribution is 5.55. The predicted octanol–water partition coefficient (Wildman–Crippen LogP) is 5.84. The molecule has 0 spiro atoms. The van der Waals surface area contributed by atoms with Crippen LogP contribution < -0.4 is 0 Å². The summed E-state index contributed by atoms with van der Waals surface area (Å²) in [5.74, 6) is 3.07. The first kappa shape index (κ1) is 19.2. The van der Waals surface area contributed by atoms with Crippen molar-refractivity contribution in [3.05, 3.63) is 83.6 Å². The maximum atomic E-state index is 5.94. The number of oxazole rings is 2. The SMILES string of the molecule is CCc1cnc(-c2cccc(COCc3cccc(-c4ncc(CC)o4)c3)c2)o1. The van der Waals surface area contributed by atoms with Gasteiger partial charge >= 0.3 is 0 Å². The lowest BCUT2D eigenvalue weighted by Crippen LogP contribution is -1.95. The molecule has 5 heteroatoms. The Labute approximate surface area is 170 Å². The fourth-order valence-electron chi connectivity index (χ4n) is 3.08. The van der Waals surface area contributed by atoms with Gasteiger partial charge in [-0.1, -0.05) is 38.1 Å². The Morgan fingerprint density at radius 1 is 0.724 bits per heavy atom. The number of aromatic nitrogens is 2.